The lowest BCUT2D eigenvalue weighted by molar-refractivity contribution is 0.674. The maximum absolute atomic E-state index is 4.52. The van der Waals surface area contributed by atoms with Crippen LogP contribution in [0.1, 0.15) is 18.9 Å². The Morgan fingerprint density at radius 3 is 2.53 bits per heavy atom. The van der Waals surface area contributed by atoms with Crippen molar-refractivity contribution in [2.75, 3.05) is 18.5 Å². The van der Waals surface area contributed by atoms with Crippen molar-refractivity contribution in [1.82, 2.24) is 10.3 Å². The van der Waals surface area contributed by atoms with Gasteiger partial charge in [0.05, 0.1) is 0 Å². The fourth-order valence-corrected chi connectivity index (χ4v) is 1.91. The summed E-state index contributed by atoms with van der Waals surface area (Å²) in [6.07, 6.45) is 3.10. The van der Waals surface area contributed by atoms with Gasteiger partial charge in [-0.3, -0.25) is 0 Å². The summed E-state index contributed by atoms with van der Waals surface area (Å²) in [6, 6.07) is 14.5. The van der Waals surface area contributed by atoms with E-state index < -0.39 is 0 Å². The van der Waals surface area contributed by atoms with Crippen LogP contribution in [-0.2, 0) is 6.54 Å². The van der Waals surface area contributed by atoms with Gasteiger partial charge in [-0.1, -0.05) is 31.2 Å². The number of hydrogen-bond donors (Lipinski definition) is 1. The van der Waals surface area contributed by atoms with Gasteiger partial charge < -0.3 is 10.2 Å². The number of pyridine rings is 1. The minimum Gasteiger partial charge on any atom is -0.329 e. The van der Waals surface area contributed by atoms with E-state index in [4.69, 9.17) is 0 Å². The minimum absolute atomic E-state index is 0.885. The average Bonchev–Trinajstić information content (AvgIpc) is 2.48. The molecule has 2 aromatic rings. The Balaban J connectivity index is 2.02. The van der Waals surface area contributed by atoms with Gasteiger partial charge in [-0.25, -0.2) is 4.98 Å². The van der Waals surface area contributed by atoms with Crippen molar-refractivity contribution in [1.29, 1.82) is 0 Å². The van der Waals surface area contributed by atoms with E-state index in [0.29, 0.717) is 0 Å². The van der Waals surface area contributed by atoms with E-state index in [0.717, 1.165) is 31.0 Å². The van der Waals surface area contributed by atoms with Crippen LogP contribution in [0, 0.1) is 0 Å². The van der Waals surface area contributed by atoms with Crippen molar-refractivity contribution in [2.24, 2.45) is 0 Å². The number of para-hydroxylation sites is 1. The molecule has 0 aliphatic rings. The van der Waals surface area contributed by atoms with E-state index in [1.807, 2.05) is 31.4 Å². The van der Waals surface area contributed by atoms with Crippen LogP contribution in [0.4, 0.5) is 11.5 Å². The lowest BCUT2D eigenvalue weighted by Crippen LogP contribution is -2.15. The average molecular weight is 255 g/mol. The molecule has 0 fully saturated rings. The van der Waals surface area contributed by atoms with E-state index >= 15 is 0 Å². The molecule has 2 rings (SSSR count). The molecule has 0 aliphatic carbocycles. The van der Waals surface area contributed by atoms with E-state index in [2.05, 4.69) is 46.4 Å². The van der Waals surface area contributed by atoms with Crippen molar-refractivity contribution >= 4 is 11.5 Å². The number of nitrogens with one attached hydrogen (secondary N) is 1. The number of nitrogens with zero attached hydrogens (tertiary/aromatic N) is 2. The molecule has 0 radical (unpaired) electrons. The summed E-state index contributed by atoms with van der Waals surface area (Å²) >= 11 is 0. The molecule has 100 valence electrons. The van der Waals surface area contributed by atoms with Crippen LogP contribution in [0.25, 0.3) is 0 Å². The van der Waals surface area contributed by atoms with Crippen LogP contribution in [0.2, 0.25) is 0 Å². The largest absolute Gasteiger partial charge is 0.329 e. The first kappa shape index (κ1) is 13.6. The van der Waals surface area contributed by atoms with Gasteiger partial charge in [-0.05, 0) is 36.7 Å². The topological polar surface area (TPSA) is 28.2 Å². The standard InChI is InChI=1S/C16H21N3/c1-3-11-17-12-14-9-10-16(18-13-14)19(2)15-7-5-4-6-8-15/h4-10,13,17H,3,11-12H2,1-2H3. The summed E-state index contributed by atoms with van der Waals surface area (Å²) < 4.78 is 0. The Morgan fingerprint density at radius 2 is 1.89 bits per heavy atom. The third-order valence-corrected chi connectivity index (χ3v) is 3.05. The van der Waals surface area contributed by atoms with Crippen LogP contribution in [0.5, 0.6) is 0 Å². The van der Waals surface area contributed by atoms with Crippen LogP contribution >= 0.6 is 0 Å². The number of rotatable bonds is 6. The number of anilines is 2. The van der Waals surface area contributed by atoms with Gasteiger partial charge in [0.2, 0.25) is 0 Å². The predicted octanol–water partition coefficient (Wildman–Crippen LogP) is 3.35. The van der Waals surface area contributed by atoms with Gasteiger partial charge in [0, 0.05) is 25.5 Å². The summed E-state index contributed by atoms with van der Waals surface area (Å²) in [5.74, 6) is 0.963. The SMILES string of the molecule is CCCNCc1ccc(N(C)c2ccccc2)nc1. The fourth-order valence-electron chi connectivity index (χ4n) is 1.91. The Hall–Kier alpha value is -1.87. The zero-order valence-corrected chi connectivity index (χ0v) is 11.6. The first-order valence-electron chi connectivity index (χ1n) is 6.75. The highest BCUT2D eigenvalue weighted by atomic mass is 15.2. The lowest BCUT2D eigenvalue weighted by Gasteiger charge is -2.18. The molecule has 1 aromatic carbocycles. The molecule has 1 aromatic heterocycles. The molecule has 0 atom stereocenters. The van der Waals surface area contributed by atoms with Gasteiger partial charge in [0.1, 0.15) is 5.82 Å². The normalized spacial score (nSPS) is 10.4. The molecule has 1 N–H and O–H groups in total. The highest BCUT2D eigenvalue weighted by Gasteiger charge is 2.04. The summed E-state index contributed by atoms with van der Waals surface area (Å²) in [5.41, 5.74) is 2.37. The van der Waals surface area contributed by atoms with Gasteiger partial charge >= 0.3 is 0 Å². The van der Waals surface area contributed by atoms with Crippen LogP contribution < -0.4 is 10.2 Å². The maximum Gasteiger partial charge on any atom is 0.132 e. The molecule has 3 heteroatoms. The van der Waals surface area contributed by atoms with Gasteiger partial charge in [0.25, 0.3) is 0 Å². The molecule has 19 heavy (non-hydrogen) atoms. The van der Waals surface area contributed by atoms with Crippen molar-refractivity contribution < 1.29 is 0 Å². The monoisotopic (exact) mass is 255 g/mol. The highest BCUT2D eigenvalue weighted by molar-refractivity contribution is 5.58. The minimum atomic E-state index is 0.885. The highest BCUT2D eigenvalue weighted by Crippen LogP contribution is 2.20. The van der Waals surface area contributed by atoms with Crippen molar-refractivity contribution in [3.05, 3.63) is 54.2 Å². The maximum atomic E-state index is 4.52. The molecule has 0 saturated carbocycles. The quantitative estimate of drug-likeness (QED) is 0.802. The van der Waals surface area contributed by atoms with Crippen molar-refractivity contribution in [2.45, 2.75) is 19.9 Å². The summed E-state index contributed by atoms with van der Waals surface area (Å²) in [5, 5.41) is 3.38. The van der Waals surface area contributed by atoms with Crippen LogP contribution in [0.3, 0.4) is 0 Å². The second-order valence-corrected chi connectivity index (χ2v) is 4.60. The predicted molar refractivity (Wildman–Crippen MR) is 80.7 cm³/mol. The summed E-state index contributed by atoms with van der Waals surface area (Å²) in [6.45, 7) is 4.10. The Kier molecular flexibility index (Phi) is 4.93. The van der Waals surface area contributed by atoms with Gasteiger partial charge in [0.15, 0.2) is 0 Å². The smallest absolute Gasteiger partial charge is 0.132 e. The van der Waals surface area contributed by atoms with Crippen molar-refractivity contribution in [3.63, 3.8) is 0 Å². The summed E-state index contributed by atoms with van der Waals surface area (Å²) in [4.78, 5) is 6.61. The third-order valence-electron chi connectivity index (χ3n) is 3.05. The molecule has 0 spiro atoms. The van der Waals surface area contributed by atoms with E-state index in [1.54, 1.807) is 0 Å². The van der Waals surface area contributed by atoms with Gasteiger partial charge in [-0.15, -0.1) is 0 Å². The summed E-state index contributed by atoms with van der Waals surface area (Å²) in [7, 11) is 2.03. The molecule has 0 amide bonds. The molecule has 3 nitrogen and oxygen atoms in total. The Labute approximate surface area is 115 Å². The number of aromatic nitrogens is 1. The Bertz CT molecular complexity index is 479. The van der Waals surface area contributed by atoms with Gasteiger partial charge in [-0.2, -0.15) is 0 Å². The first-order chi connectivity index (χ1) is 9.31. The molecular weight excluding hydrogens is 234 g/mol. The zero-order chi connectivity index (χ0) is 13.5. The molecule has 0 saturated heterocycles. The van der Waals surface area contributed by atoms with E-state index in [1.165, 1.54) is 5.56 Å². The van der Waals surface area contributed by atoms with Crippen LogP contribution in [0.15, 0.2) is 48.7 Å². The molecule has 1 heterocycles. The molecule has 0 aliphatic heterocycles. The number of benzene rings is 1. The zero-order valence-electron chi connectivity index (χ0n) is 11.6. The Morgan fingerprint density at radius 1 is 1.11 bits per heavy atom. The van der Waals surface area contributed by atoms with Crippen molar-refractivity contribution in [3.8, 4) is 0 Å². The lowest BCUT2D eigenvalue weighted by atomic mass is 10.2. The van der Waals surface area contributed by atoms with E-state index in [9.17, 15) is 0 Å². The van der Waals surface area contributed by atoms with E-state index in [-0.39, 0.29) is 0 Å². The second-order valence-electron chi connectivity index (χ2n) is 4.60. The molecule has 0 unspecified atom stereocenters. The van der Waals surface area contributed by atoms with Crippen LogP contribution in [-0.4, -0.2) is 18.6 Å². The second kappa shape index (κ2) is 6.90. The number of hydrogen-bond acceptors (Lipinski definition) is 3. The molecule has 0 bridgehead atoms. The third kappa shape index (κ3) is 3.80. The fraction of sp³-hybridized carbons (Fsp3) is 0.312. The molecular formula is C16H21N3. The first-order valence-corrected chi connectivity index (χ1v) is 6.75.